The van der Waals surface area contributed by atoms with Gasteiger partial charge in [0.25, 0.3) is 0 Å². The number of nitriles is 1. The highest BCUT2D eigenvalue weighted by atomic mass is 35.5. The minimum absolute atomic E-state index is 0.589. The summed E-state index contributed by atoms with van der Waals surface area (Å²) in [6.45, 7) is 2.30. The van der Waals surface area contributed by atoms with Crippen molar-refractivity contribution in [2.24, 2.45) is 5.92 Å². The van der Waals surface area contributed by atoms with E-state index >= 15 is 0 Å². The zero-order chi connectivity index (χ0) is 23.8. The fourth-order valence-electron chi connectivity index (χ4n) is 5.38. The van der Waals surface area contributed by atoms with Crippen molar-refractivity contribution in [3.05, 3.63) is 94.0 Å². The molecule has 3 aromatic rings. The second kappa shape index (κ2) is 12.2. The molecule has 1 aliphatic carbocycles. The zero-order valence-electron chi connectivity index (χ0n) is 20.4. The zero-order valence-corrected chi connectivity index (χ0v) is 21.2. The standard InChI is InChI=1S/C32H36ClN/c1-2-3-4-5-24-8-15-28(16-9-24)29-17-10-25(11-18-29)6-7-26-12-19-30(20-13-26)31-21-14-27(23-34)22-32(31)33/h10-14,17-22,24,28H,2-9,15-16H2,1H3. The lowest BCUT2D eigenvalue weighted by Crippen LogP contribution is -2.13. The topological polar surface area (TPSA) is 23.8 Å². The summed E-state index contributed by atoms with van der Waals surface area (Å²) in [6.07, 6.45) is 13.3. The Kier molecular flexibility index (Phi) is 8.84. The van der Waals surface area contributed by atoms with Crippen LogP contribution in [-0.4, -0.2) is 0 Å². The average molecular weight is 470 g/mol. The van der Waals surface area contributed by atoms with Gasteiger partial charge in [0, 0.05) is 10.6 Å². The molecule has 0 bridgehead atoms. The fourth-order valence-corrected chi connectivity index (χ4v) is 5.67. The molecule has 0 N–H and O–H groups in total. The first-order chi connectivity index (χ1) is 16.7. The largest absolute Gasteiger partial charge is 0.192 e. The van der Waals surface area contributed by atoms with Crippen molar-refractivity contribution in [1.29, 1.82) is 5.26 Å². The summed E-state index contributed by atoms with van der Waals surface area (Å²) in [4.78, 5) is 0. The minimum Gasteiger partial charge on any atom is -0.192 e. The van der Waals surface area contributed by atoms with Gasteiger partial charge in [0.15, 0.2) is 0 Å². The molecule has 34 heavy (non-hydrogen) atoms. The van der Waals surface area contributed by atoms with E-state index in [-0.39, 0.29) is 0 Å². The molecule has 1 nitrogen and oxygen atoms in total. The quantitative estimate of drug-likeness (QED) is 0.286. The van der Waals surface area contributed by atoms with E-state index < -0.39 is 0 Å². The maximum atomic E-state index is 9.03. The molecule has 0 atom stereocenters. The molecule has 0 unspecified atom stereocenters. The maximum Gasteiger partial charge on any atom is 0.0992 e. The van der Waals surface area contributed by atoms with E-state index in [0.29, 0.717) is 10.6 Å². The Bertz CT molecular complexity index is 1080. The maximum absolute atomic E-state index is 9.03. The number of rotatable bonds is 9. The van der Waals surface area contributed by atoms with Crippen molar-refractivity contribution < 1.29 is 0 Å². The van der Waals surface area contributed by atoms with E-state index in [1.165, 1.54) is 62.5 Å². The normalized spacial score (nSPS) is 17.9. The first-order valence-corrected chi connectivity index (χ1v) is 13.4. The predicted octanol–water partition coefficient (Wildman–Crippen LogP) is 9.52. The Hall–Kier alpha value is -2.56. The van der Waals surface area contributed by atoms with E-state index in [9.17, 15) is 0 Å². The van der Waals surface area contributed by atoms with Crippen LogP contribution in [0, 0.1) is 17.2 Å². The molecule has 176 valence electrons. The van der Waals surface area contributed by atoms with Gasteiger partial charge in [0.05, 0.1) is 11.6 Å². The summed E-state index contributed by atoms with van der Waals surface area (Å²) in [5.74, 6) is 1.74. The molecule has 0 saturated heterocycles. The Balaban J connectivity index is 1.27. The fraction of sp³-hybridized carbons (Fsp3) is 0.406. The molecule has 1 fully saturated rings. The lowest BCUT2D eigenvalue weighted by Gasteiger charge is -2.29. The number of aryl methyl sites for hydroxylation is 2. The summed E-state index contributed by atoms with van der Waals surface area (Å²) in [5.41, 5.74) is 6.93. The number of nitrogens with zero attached hydrogens (tertiary/aromatic N) is 1. The Morgan fingerprint density at radius 1 is 0.824 bits per heavy atom. The molecular weight excluding hydrogens is 434 g/mol. The van der Waals surface area contributed by atoms with Gasteiger partial charge in [-0.2, -0.15) is 5.26 Å². The summed E-state index contributed by atoms with van der Waals surface area (Å²) in [5, 5.41) is 9.65. The van der Waals surface area contributed by atoms with Gasteiger partial charge in [-0.25, -0.2) is 0 Å². The molecule has 0 radical (unpaired) electrons. The van der Waals surface area contributed by atoms with Crippen LogP contribution in [0.3, 0.4) is 0 Å². The molecule has 1 aliphatic rings. The van der Waals surface area contributed by atoms with E-state index in [4.69, 9.17) is 16.9 Å². The number of hydrogen-bond acceptors (Lipinski definition) is 1. The monoisotopic (exact) mass is 469 g/mol. The summed E-state index contributed by atoms with van der Waals surface area (Å²) >= 11 is 6.37. The summed E-state index contributed by atoms with van der Waals surface area (Å²) < 4.78 is 0. The van der Waals surface area contributed by atoms with Crippen LogP contribution in [0.25, 0.3) is 11.1 Å². The van der Waals surface area contributed by atoms with Gasteiger partial charge in [0.2, 0.25) is 0 Å². The van der Waals surface area contributed by atoms with E-state index in [1.807, 2.05) is 12.1 Å². The van der Waals surface area contributed by atoms with Crippen LogP contribution in [-0.2, 0) is 12.8 Å². The molecule has 3 aromatic carbocycles. The van der Waals surface area contributed by atoms with Crippen LogP contribution in [0.2, 0.25) is 5.02 Å². The third-order valence-electron chi connectivity index (χ3n) is 7.58. The molecule has 0 aromatic heterocycles. The second-order valence-corrected chi connectivity index (χ2v) is 10.4. The third-order valence-corrected chi connectivity index (χ3v) is 7.89. The van der Waals surface area contributed by atoms with Crippen LogP contribution >= 0.6 is 11.6 Å². The van der Waals surface area contributed by atoms with Gasteiger partial charge < -0.3 is 0 Å². The van der Waals surface area contributed by atoms with Crippen molar-refractivity contribution in [2.75, 3.05) is 0 Å². The van der Waals surface area contributed by atoms with Crippen LogP contribution in [0.15, 0.2) is 66.7 Å². The van der Waals surface area contributed by atoms with E-state index in [2.05, 4.69) is 61.5 Å². The van der Waals surface area contributed by atoms with Crippen molar-refractivity contribution in [1.82, 2.24) is 0 Å². The van der Waals surface area contributed by atoms with Crippen molar-refractivity contribution >= 4 is 11.6 Å². The van der Waals surface area contributed by atoms with Gasteiger partial charge in [-0.15, -0.1) is 0 Å². The van der Waals surface area contributed by atoms with Crippen LogP contribution < -0.4 is 0 Å². The number of benzene rings is 3. The lowest BCUT2D eigenvalue weighted by atomic mass is 9.77. The molecule has 0 aliphatic heterocycles. The minimum atomic E-state index is 0.589. The van der Waals surface area contributed by atoms with Crippen LogP contribution in [0.4, 0.5) is 0 Å². The Morgan fingerprint density at radius 3 is 2.06 bits per heavy atom. The number of unbranched alkanes of at least 4 members (excludes halogenated alkanes) is 2. The smallest absolute Gasteiger partial charge is 0.0992 e. The highest BCUT2D eigenvalue weighted by Crippen LogP contribution is 2.38. The Labute approximate surface area is 210 Å². The van der Waals surface area contributed by atoms with Gasteiger partial charge in [-0.05, 0) is 84.7 Å². The Morgan fingerprint density at radius 2 is 1.47 bits per heavy atom. The van der Waals surface area contributed by atoms with Gasteiger partial charge in [0.1, 0.15) is 0 Å². The average Bonchev–Trinajstić information content (AvgIpc) is 2.89. The number of hydrogen-bond donors (Lipinski definition) is 0. The van der Waals surface area contributed by atoms with Crippen LogP contribution in [0.5, 0.6) is 0 Å². The SMILES string of the molecule is CCCCCC1CCC(c2ccc(CCc3ccc(-c4ccc(C#N)cc4Cl)cc3)cc2)CC1. The summed E-state index contributed by atoms with van der Waals surface area (Å²) in [6, 6.07) is 25.7. The lowest BCUT2D eigenvalue weighted by molar-refractivity contribution is 0.303. The van der Waals surface area contributed by atoms with Crippen molar-refractivity contribution in [2.45, 2.75) is 77.0 Å². The second-order valence-electron chi connectivity index (χ2n) is 9.96. The predicted molar refractivity (Wildman–Crippen MR) is 144 cm³/mol. The van der Waals surface area contributed by atoms with E-state index in [0.717, 1.165) is 35.8 Å². The van der Waals surface area contributed by atoms with Crippen molar-refractivity contribution in [3.8, 4) is 17.2 Å². The molecule has 0 amide bonds. The molecule has 0 spiro atoms. The highest BCUT2D eigenvalue weighted by molar-refractivity contribution is 6.33. The number of halogens is 1. The highest BCUT2D eigenvalue weighted by Gasteiger charge is 2.21. The third kappa shape index (κ3) is 6.52. The first-order valence-electron chi connectivity index (χ1n) is 13.0. The first kappa shape index (κ1) is 24.6. The summed E-state index contributed by atoms with van der Waals surface area (Å²) in [7, 11) is 0. The van der Waals surface area contributed by atoms with Crippen molar-refractivity contribution in [3.63, 3.8) is 0 Å². The molecule has 2 heteroatoms. The van der Waals surface area contributed by atoms with E-state index in [1.54, 1.807) is 11.6 Å². The van der Waals surface area contributed by atoms with Gasteiger partial charge >= 0.3 is 0 Å². The van der Waals surface area contributed by atoms with Crippen LogP contribution in [0.1, 0.15) is 86.5 Å². The van der Waals surface area contributed by atoms with Gasteiger partial charge in [-0.3, -0.25) is 0 Å². The molecular formula is C32H36ClN. The molecule has 4 rings (SSSR count). The molecule has 1 saturated carbocycles. The van der Waals surface area contributed by atoms with Gasteiger partial charge in [-0.1, -0.05) is 98.8 Å². The molecule has 0 heterocycles.